The first kappa shape index (κ1) is 34.1. The minimum Gasteiger partial charge on any atom is -0.493 e. The van der Waals surface area contributed by atoms with E-state index in [1.165, 1.54) is 30.1 Å². The van der Waals surface area contributed by atoms with Gasteiger partial charge in [-0.05, 0) is 118 Å². The Labute approximate surface area is 304 Å². The van der Waals surface area contributed by atoms with Crippen molar-refractivity contribution < 1.29 is 23.7 Å². The zero-order valence-electron chi connectivity index (χ0n) is 25.0. The van der Waals surface area contributed by atoms with Crippen LogP contribution in [0.4, 0.5) is 0 Å². The number of nitrogens with zero attached hydrogens (tertiary/aromatic N) is 3. The predicted molar refractivity (Wildman–Crippen MR) is 195 cm³/mol. The van der Waals surface area contributed by atoms with Crippen molar-refractivity contribution in [3.63, 3.8) is 0 Å². The van der Waals surface area contributed by atoms with Crippen molar-refractivity contribution >= 4 is 84.5 Å². The zero-order chi connectivity index (χ0) is 33.1. The zero-order valence-corrected chi connectivity index (χ0v) is 31.7. The smallest absolute Gasteiger partial charge is 0.338 e. The Morgan fingerprint density at radius 2 is 1.76 bits per heavy atom. The molecule has 0 amide bonds. The lowest BCUT2D eigenvalue weighted by atomic mass is 9.95. The van der Waals surface area contributed by atoms with E-state index in [2.05, 4.69) is 72.2 Å². The molecule has 0 unspecified atom stereocenters. The van der Waals surface area contributed by atoms with Gasteiger partial charge in [0.1, 0.15) is 12.4 Å². The van der Waals surface area contributed by atoms with Gasteiger partial charge in [0.25, 0.3) is 5.56 Å². The third-order valence-electron chi connectivity index (χ3n) is 7.10. The fourth-order valence-corrected chi connectivity index (χ4v) is 8.66. The highest BCUT2D eigenvalue weighted by molar-refractivity contribution is 14.1. The SMILES string of the molecule is CCOC(=O)C1=C(C)N=c2s/c(=C\c3cc(I)c(OCc4ccc(C#N)cc4)c(I)c3)c(=O)n2[C@@H]1c1cc(OC)c(OC)cc1Br. The molecule has 0 radical (unpaired) electrons. The normalized spacial score (nSPS) is 14.3. The van der Waals surface area contributed by atoms with Gasteiger partial charge in [0, 0.05) is 4.47 Å². The van der Waals surface area contributed by atoms with Crippen molar-refractivity contribution in [2.24, 2.45) is 4.99 Å². The number of nitriles is 1. The average molecular weight is 926 g/mol. The van der Waals surface area contributed by atoms with Crippen LogP contribution < -0.4 is 29.1 Å². The summed E-state index contributed by atoms with van der Waals surface area (Å²) in [6, 6.07) is 16.0. The summed E-state index contributed by atoms with van der Waals surface area (Å²) in [5.41, 5.74) is 3.41. The van der Waals surface area contributed by atoms with Crippen LogP contribution in [0.3, 0.4) is 0 Å². The summed E-state index contributed by atoms with van der Waals surface area (Å²) in [7, 11) is 3.07. The number of esters is 1. The van der Waals surface area contributed by atoms with Crippen molar-refractivity contribution in [1.29, 1.82) is 5.26 Å². The van der Waals surface area contributed by atoms with E-state index in [1.54, 1.807) is 38.1 Å². The number of carbonyl (C=O) groups is 1. The van der Waals surface area contributed by atoms with Crippen LogP contribution in [0, 0.1) is 18.5 Å². The molecule has 236 valence electrons. The van der Waals surface area contributed by atoms with Crippen LogP contribution in [0.5, 0.6) is 17.2 Å². The number of allylic oxidation sites excluding steroid dienone is 1. The maximum Gasteiger partial charge on any atom is 0.338 e. The number of ether oxygens (including phenoxy) is 4. The molecule has 3 aromatic carbocycles. The fraction of sp³-hybridized carbons (Fsp3) is 0.212. The highest BCUT2D eigenvalue weighted by Gasteiger charge is 2.35. The molecule has 46 heavy (non-hydrogen) atoms. The molecule has 0 saturated heterocycles. The van der Waals surface area contributed by atoms with Gasteiger partial charge >= 0.3 is 5.97 Å². The highest BCUT2D eigenvalue weighted by atomic mass is 127. The second kappa shape index (κ2) is 14.7. The molecule has 4 aromatic rings. The summed E-state index contributed by atoms with van der Waals surface area (Å²) >= 11 is 9.33. The number of aromatic nitrogens is 1. The summed E-state index contributed by atoms with van der Waals surface area (Å²) in [5.74, 6) is 1.13. The number of hydrogen-bond acceptors (Lipinski definition) is 9. The van der Waals surface area contributed by atoms with Gasteiger partial charge in [0.05, 0.1) is 61.4 Å². The molecule has 5 rings (SSSR count). The molecule has 1 atom stereocenters. The Morgan fingerprint density at radius 1 is 1.11 bits per heavy atom. The summed E-state index contributed by atoms with van der Waals surface area (Å²) in [6.07, 6.45) is 1.82. The lowest BCUT2D eigenvalue weighted by Gasteiger charge is -2.26. The third-order valence-corrected chi connectivity index (χ3v) is 10.4. The van der Waals surface area contributed by atoms with E-state index in [0.717, 1.165) is 24.0 Å². The molecule has 9 nitrogen and oxygen atoms in total. The molecule has 0 aliphatic carbocycles. The van der Waals surface area contributed by atoms with Gasteiger partial charge in [-0.25, -0.2) is 9.79 Å². The highest BCUT2D eigenvalue weighted by Crippen LogP contribution is 2.41. The summed E-state index contributed by atoms with van der Waals surface area (Å²) in [6.45, 7) is 4.00. The molecular weight excluding hydrogens is 900 g/mol. The Morgan fingerprint density at radius 3 is 2.37 bits per heavy atom. The lowest BCUT2D eigenvalue weighted by molar-refractivity contribution is -0.139. The molecule has 0 bridgehead atoms. The Balaban J connectivity index is 1.58. The molecule has 0 N–H and O–H groups in total. The van der Waals surface area contributed by atoms with Crippen LogP contribution in [0.2, 0.25) is 0 Å². The summed E-state index contributed by atoms with van der Waals surface area (Å²) in [5, 5.41) is 9.04. The van der Waals surface area contributed by atoms with Gasteiger partial charge in [-0.3, -0.25) is 9.36 Å². The maximum atomic E-state index is 14.2. The van der Waals surface area contributed by atoms with Crippen LogP contribution in [-0.2, 0) is 16.1 Å². The Kier molecular flexibility index (Phi) is 10.9. The van der Waals surface area contributed by atoms with E-state index < -0.39 is 12.0 Å². The molecule has 2 heterocycles. The van der Waals surface area contributed by atoms with Crippen LogP contribution in [-0.4, -0.2) is 31.4 Å². The Hall–Kier alpha value is -3.20. The molecular formula is C33H26BrI2N3O6S. The molecule has 0 saturated carbocycles. The fourth-order valence-electron chi connectivity index (χ4n) is 4.95. The van der Waals surface area contributed by atoms with Gasteiger partial charge in [0.2, 0.25) is 0 Å². The first-order chi connectivity index (χ1) is 22.1. The first-order valence-electron chi connectivity index (χ1n) is 13.8. The molecule has 1 aromatic heterocycles. The quantitative estimate of drug-likeness (QED) is 0.145. The largest absolute Gasteiger partial charge is 0.493 e. The van der Waals surface area contributed by atoms with Crippen LogP contribution in [0.15, 0.2) is 74.1 Å². The number of methoxy groups -OCH3 is 2. The van der Waals surface area contributed by atoms with Crippen LogP contribution in [0.1, 0.15) is 42.1 Å². The van der Waals surface area contributed by atoms with Crippen LogP contribution >= 0.6 is 72.4 Å². The van der Waals surface area contributed by atoms with Crippen molar-refractivity contribution in [2.75, 3.05) is 20.8 Å². The van der Waals surface area contributed by atoms with Crippen molar-refractivity contribution in [3.8, 4) is 23.3 Å². The second-order valence-corrected chi connectivity index (χ2v) is 14.1. The van der Waals surface area contributed by atoms with E-state index >= 15 is 0 Å². The number of hydrogen-bond donors (Lipinski definition) is 0. The summed E-state index contributed by atoms with van der Waals surface area (Å²) < 4.78 is 27.0. The number of halogens is 3. The maximum absolute atomic E-state index is 14.2. The molecule has 0 fully saturated rings. The second-order valence-electron chi connectivity index (χ2n) is 9.94. The minimum atomic E-state index is -0.829. The number of rotatable bonds is 9. The predicted octanol–water partition coefficient (Wildman–Crippen LogP) is 6.24. The molecule has 1 aliphatic rings. The van der Waals surface area contributed by atoms with E-state index in [1.807, 2.05) is 30.3 Å². The topological polar surface area (TPSA) is 112 Å². The summed E-state index contributed by atoms with van der Waals surface area (Å²) in [4.78, 5) is 32.6. The van der Waals surface area contributed by atoms with Crippen molar-refractivity contribution in [1.82, 2.24) is 4.57 Å². The standard InChI is InChI=1S/C33H26BrI2N3O6S/c1-5-44-32(41)28-17(2)38-33-39(29(28)21-13-25(42-3)26(43-4)14-22(21)34)31(40)27(46-33)12-20-10-23(35)30(24(36)11-20)45-16-19-8-6-18(15-37)7-9-19/h6-14,29H,5,16H2,1-4H3/b27-12-/t29-/m1/s1. The third kappa shape index (κ3) is 6.90. The lowest BCUT2D eigenvalue weighted by Crippen LogP contribution is -2.40. The van der Waals surface area contributed by atoms with Gasteiger partial charge < -0.3 is 18.9 Å². The van der Waals surface area contributed by atoms with Gasteiger partial charge in [-0.15, -0.1) is 0 Å². The monoisotopic (exact) mass is 925 g/mol. The van der Waals surface area contributed by atoms with E-state index in [9.17, 15) is 9.59 Å². The molecule has 0 spiro atoms. The van der Waals surface area contributed by atoms with Gasteiger partial charge in [-0.2, -0.15) is 5.26 Å². The van der Waals surface area contributed by atoms with Gasteiger partial charge in [-0.1, -0.05) is 39.4 Å². The Bertz CT molecular complexity index is 2080. The van der Waals surface area contributed by atoms with E-state index in [4.69, 9.17) is 24.2 Å². The molecule has 13 heteroatoms. The number of carbonyl (C=O) groups excluding carboxylic acids is 1. The first-order valence-corrected chi connectivity index (χ1v) is 17.6. The van der Waals surface area contributed by atoms with E-state index in [0.29, 0.717) is 48.7 Å². The van der Waals surface area contributed by atoms with Crippen LogP contribution in [0.25, 0.3) is 6.08 Å². The van der Waals surface area contributed by atoms with Crippen molar-refractivity contribution in [2.45, 2.75) is 26.5 Å². The van der Waals surface area contributed by atoms with Gasteiger partial charge in [0.15, 0.2) is 16.3 Å². The average Bonchev–Trinajstić information content (AvgIpc) is 3.33. The number of benzene rings is 3. The minimum absolute atomic E-state index is 0.171. The number of fused-ring (bicyclic) bond motifs is 1. The van der Waals surface area contributed by atoms with E-state index in [-0.39, 0.29) is 17.7 Å². The van der Waals surface area contributed by atoms with Crippen molar-refractivity contribution in [3.05, 3.63) is 113 Å². The molecule has 1 aliphatic heterocycles. The number of thiazole rings is 1.